The van der Waals surface area contributed by atoms with Gasteiger partial charge >= 0.3 is 24.1 Å². The van der Waals surface area contributed by atoms with Gasteiger partial charge in [0.1, 0.15) is 23.1 Å². The quantitative estimate of drug-likeness (QED) is 0.436. The minimum absolute atomic E-state index is 0.0363. The van der Waals surface area contributed by atoms with Gasteiger partial charge in [0.2, 0.25) is 0 Å². The molecule has 0 saturated heterocycles. The average molecular weight is 495 g/mol. The average Bonchev–Trinajstić information content (AvgIpc) is 3.42. The molecular formula is C24H31FN2O8. The number of fused-ring (bicyclic) bond motifs is 1. The Labute approximate surface area is 202 Å². The second-order valence-corrected chi connectivity index (χ2v) is 9.48. The van der Waals surface area contributed by atoms with Crippen LogP contribution in [-0.2, 0) is 28.5 Å². The largest absolute Gasteiger partial charge is 0.466 e. The van der Waals surface area contributed by atoms with E-state index in [9.17, 15) is 23.6 Å². The van der Waals surface area contributed by atoms with Crippen molar-refractivity contribution in [2.75, 3.05) is 18.5 Å². The highest BCUT2D eigenvalue weighted by Crippen LogP contribution is 2.64. The van der Waals surface area contributed by atoms with Crippen LogP contribution in [0.2, 0.25) is 0 Å². The fraction of sp³-hybridized carbons (Fsp3) is 0.583. The van der Waals surface area contributed by atoms with Gasteiger partial charge in [0.25, 0.3) is 0 Å². The van der Waals surface area contributed by atoms with E-state index in [1.165, 1.54) is 24.3 Å². The van der Waals surface area contributed by atoms with Crippen molar-refractivity contribution in [2.45, 2.75) is 58.3 Å². The maximum absolute atomic E-state index is 13.1. The summed E-state index contributed by atoms with van der Waals surface area (Å²) in [6.07, 6.45) is -2.75. The lowest BCUT2D eigenvalue weighted by Gasteiger charge is -2.33. The first-order chi connectivity index (χ1) is 16.4. The zero-order valence-corrected chi connectivity index (χ0v) is 20.4. The van der Waals surface area contributed by atoms with Crippen LogP contribution in [-0.4, -0.2) is 54.6 Å². The third kappa shape index (κ3) is 5.83. The summed E-state index contributed by atoms with van der Waals surface area (Å²) in [5.74, 6) is -3.85. The van der Waals surface area contributed by atoms with Crippen molar-refractivity contribution < 1.29 is 42.5 Å². The van der Waals surface area contributed by atoms with E-state index in [1.807, 2.05) is 0 Å². The second-order valence-electron chi connectivity index (χ2n) is 9.48. The minimum atomic E-state index is -1.65. The van der Waals surface area contributed by atoms with Gasteiger partial charge in [-0.15, -0.1) is 0 Å². The summed E-state index contributed by atoms with van der Waals surface area (Å²) in [6.45, 7) is 8.44. The minimum Gasteiger partial charge on any atom is -0.466 e. The number of nitrogens with one attached hydrogen (secondary N) is 2. The highest BCUT2D eigenvalue weighted by molar-refractivity contribution is 5.91. The Morgan fingerprint density at radius 1 is 1.03 bits per heavy atom. The van der Waals surface area contributed by atoms with E-state index in [1.54, 1.807) is 34.6 Å². The molecule has 0 aliphatic heterocycles. The Bertz CT molecular complexity index is 977. The molecule has 1 aromatic rings. The van der Waals surface area contributed by atoms with Crippen molar-refractivity contribution in [1.29, 1.82) is 0 Å². The molecule has 2 amide bonds. The highest BCUT2D eigenvalue weighted by Gasteiger charge is 2.77. The zero-order valence-electron chi connectivity index (χ0n) is 20.4. The van der Waals surface area contributed by atoms with Crippen molar-refractivity contribution in [3.63, 3.8) is 0 Å². The summed E-state index contributed by atoms with van der Waals surface area (Å²) >= 11 is 0. The Hall–Kier alpha value is -3.37. The van der Waals surface area contributed by atoms with Crippen molar-refractivity contribution in [2.24, 2.45) is 17.8 Å². The predicted octanol–water partition coefficient (Wildman–Crippen LogP) is 3.40. The van der Waals surface area contributed by atoms with Crippen LogP contribution in [0.15, 0.2) is 24.3 Å². The predicted molar refractivity (Wildman–Crippen MR) is 121 cm³/mol. The van der Waals surface area contributed by atoms with Crippen molar-refractivity contribution in [3.8, 4) is 0 Å². The van der Waals surface area contributed by atoms with E-state index < -0.39 is 64.9 Å². The molecule has 2 aliphatic carbocycles. The van der Waals surface area contributed by atoms with Gasteiger partial charge in [0.05, 0.1) is 19.1 Å². The Morgan fingerprint density at radius 2 is 1.66 bits per heavy atom. The number of carbonyl (C=O) groups is 4. The van der Waals surface area contributed by atoms with Crippen LogP contribution in [0.5, 0.6) is 0 Å². The number of ether oxygens (including phenoxy) is 4. The van der Waals surface area contributed by atoms with Gasteiger partial charge in [-0.25, -0.2) is 18.8 Å². The van der Waals surface area contributed by atoms with Gasteiger partial charge in [-0.1, -0.05) is 0 Å². The molecule has 0 radical (unpaired) electrons. The fourth-order valence-electron chi connectivity index (χ4n) is 4.65. The summed E-state index contributed by atoms with van der Waals surface area (Å²) in [5.41, 5.74) is -2.19. The van der Waals surface area contributed by atoms with Gasteiger partial charge in [0.15, 0.2) is 0 Å². The van der Waals surface area contributed by atoms with Crippen LogP contribution in [0.4, 0.5) is 19.7 Å². The van der Waals surface area contributed by atoms with Gasteiger partial charge < -0.3 is 24.3 Å². The van der Waals surface area contributed by atoms with Crippen LogP contribution < -0.4 is 10.6 Å². The molecule has 0 heterocycles. The van der Waals surface area contributed by atoms with Crippen molar-refractivity contribution >= 4 is 29.8 Å². The number of hydrogen-bond acceptors (Lipinski definition) is 8. The van der Waals surface area contributed by atoms with Crippen LogP contribution in [0.1, 0.15) is 41.0 Å². The van der Waals surface area contributed by atoms with Gasteiger partial charge in [-0.05, 0) is 58.9 Å². The van der Waals surface area contributed by atoms with Gasteiger partial charge in [-0.2, -0.15) is 0 Å². The third-order valence-electron chi connectivity index (χ3n) is 5.87. The number of benzene rings is 1. The van der Waals surface area contributed by atoms with Crippen LogP contribution >= 0.6 is 0 Å². The van der Waals surface area contributed by atoms with E-state index >= 15 is 0 Å². The normalized spacial score (nSPS) is 26.7. The third-order valence-corrected chi connectivity index (χ3v) is 5.87. The summed E-state index contributed by atoms with van der Waals surface area (Å²) in [4.78, 5) is 51.0. The molecule has 3 rings (SSSR count). The summed E-state index contributed by atoms with van der Waals surface area (Å²) < 4.78 is 34.5. The molecular weight excluding hydrogens is 463 g/mol. The summed E-state index contributed by atoms with van der Waals surface area (Å²) in [7, 11) is 0. The molecule has 2 N–H and O–H groups in total. The molecule has 4 unspecified atom stereocenters. The number of carbonyl (C=O) groups excluding carboxylic acids is 4. The molecule has 1 aromatic carbocycles. The topological polar surface area (TPSA) is 129 Å². The van der Waals surface area contributed by atoms with Crippen molar-refractivity contribution in [3.05, 3.63) is 30.1 Å². The molecule has 2 saturated carbocycles. The fourth-order valence-corrected chi connectivity index (χ4v) is 4.65. The lowest BCUT2D eigenvalue weighted by molar-refractivity contribution is -0.154. The monoisotopic (exact) mass is 494 g/mol. The number of hydrogen-bond donors (Lipinski definition) is 2. The number of anilines is 1. The molecule has 0 bridgehead atoms. The highest BCUT2D eigenvalue weighted by atomic mass is 19.1. The Balaban J connectivity index is 1.86. The molecule has 11 heteroatoms. The lowest BCUT2D eigenvalue weighted by atomic mass is 9.89. The van der Waals surface area contributed by atoms with E-state index in [2.05, 4.69) is 10.6 Å². The maximum atomic E-state index is 13.1. The van der Waals surface area contributed by atoms with Crippen LogP contribution in [0, 0.1) is 23.6 Å². The Kier molecular flexibility index (Phi) is 7.56. The first-order valence-corrected chi connectivity index (χ1v) is 11.5. The Morgan fingerprint density at radius 3 is 2.23 bits per heavy atom. The smallest absolute Gasteiger partial charge is 0.411 e. The van der Waals surface area contributed by atoms with E-state index in [4.69, 9.17) is 18.9 Å². The molecule has 5 atom stereocenters. The summed E-state index contributed by atoms with van der Waals surface area (Å²) in [6, 6.07) is 5.07. The molecule has 35 heavy (non-hydrogen) atoms. The van der Waals surface area contributed by atoms with E-state index in [0.29, 0.717) is 5.69 Å². The molecule has 10 nitrogen and oxygen atoms in total. The number of halogens is 1. The molecule has 2 fully saturated rings. The number of alkyl carbamates (subject to hydrolysis) is 1. The number of rotatable bonds is 7. The van der Waals surface area contributed by atoms with Crippen molar-refractivity contribution in [1.82, 2.24) is 5.32 Å². The lowest BCUT2D eigenvalue weighted by Crippen LogP contribution is -2.58. The molecule has 2 aliphatic rings. The maximum Gasteiger partial charge on any atom is 0.411 e. The molecule has 0 aromatic heterocycles. The molecule has 0 spiro atoms. The van der Waals surface area contributed by atoms with E-state index in [-0.39, 0.29) is 19.6 Å². The van der Waals surface area contributed by atoms with E-state index in [0.717, 1.165) is 0 Å². The number of esters is 2. The molecule has 192 valence electrons. The summed E-state index contributed by atoms with van der Waals surface area (Å²) in [5, 5.41) is 5.10. The first-order valence-electron chi connectivity index (χ1n) is 11.5. The zero-order chi connectivity index (χ0) is 26.0. The standard InChI is InChI=1S/C24H31FN2O8/c1-6-32-19(28)17-16-15(34-21(30)26-14-10-8-13(25)9-11-14)12-24(18(16)17,20(29)33-7-2)27-22(31)35-23(3,4)5/h8-11,15-18H,6-7,12H2,1-5H3,(H,26,30)(H,27,31)/t15?,16?,17-,18?,24?/m0/s1. The number of amides is 2. The first kappa shape index (κ1) is 26.2. The van der Waals surface area contributed by atoms with Gasteiger partial charge in [-0.3, -0.25) is 10.1 Å². The SMILES string of the molecule is CCOC(=O)[C@H]1C2C(OC(=O)Nc3ccc(F)cc3)CC(NC(=O)OC(C)(C)C)(C(=O)OCC)C21. The van der Waals surface area contributed by atoms with Crippen LogP contribution in [0.3, 0.4) is 0 Å². The van der Waals surface area contributed by atoms with Gasteiger partial charge in [0, 0.05) is 23.9 Å². The van der Waals surface area contributed by atoms with Crippen LogP contribution in [0.25, 0.3) is 0 Å². The second kappa shape index (κ2) is 10.1.